The van der Waals surface area contributed by atoms with Crippen molar-refractivity contribution in [2.24, 2.45) is 0 Å². The number of nitrogens with zero attached hydrogens (tertiary/aromatic N) is 2. The maximum atomic E-state index is 12.5. The second-order valence-electron chi connectivity index (χ2n) is 14.3. The van der Waals surface area contributed by atoms with Crippen LogP contribution < -0.4 is 10.8 Å². The van der Waals surface area contributed by atoms with Gasteiger partial charge in [-0.25, -0.2) is 5.48 Å². The predicted octanol–water partition coefficient (Wildman–Crippen LogP) is 6.02. The van der Waals surface area contributed by atoms with Gasteiger partial charge in [-0.1, -0.05) is 67.1 Å². The summed E-state index contributed by atoms with van der Waals surface area (Å²) in [6, 6.07) is 25.3. The van der Waals surface area contributed by atoms with Gasteiger partial charge >= 0.3 is 0 Å². The lowest BCUT2D eigenvalue weighted by atomic mass is 9.98. The number of amides is 2. The molecule has 3 saturated heterocycles. The van der Waals surface area contributed by atoms with Crippen LogP contribution in [0.1, 0.15) is 98.9 Å². The number of hydrogen-bond acceptors (Lipinski definition) is 8. The molecule has 4 N–H and O–H groups in total. The highest BCUT2D eigenvalue weighted by Gasteiger charge is 2.36. The quantitative estimate of drug-likeness (QED) is 0.0814. The van der Waals surface area contributed by atoms with Crippen LogP contribution in [-0.4, -0.2) is 76.8 Å². The molecular weight excluding hydrogens is 644 g/mol. The third-order valence-electron chi connectivity index (χ3n) is 10.6. The first-order chi connectivity index (χ1) is 25.0. The highest BCUT2D eigenvalue weighted by Crippen LogP contribution is 2.39. The molecule has 10 nitrogen and oxygen atoms in total. The molecule has 4 atom stereocenters. The van der Waals surface area contributed by atoms with Gasteiger partial charge in [0.15, 0.2) is 6.29 Å². The van der Waals surface area contributed by atoms with Crippen LogP contribution in [0.25, 0.3) is 11.1 Å². The number of benzene rings is 3. The van der Waals surface area contributed by atoms with Crippen molar-refractivity contribution in [2.75, 3.05) is 32.7 Å². The van der Waals surface area contributed by atoms with Crippen molar-refractivity contribution in [2.45, 2.75) is 102 Å². The molecule has 3 heterocycles. The summed E-state index contributed by atoms with van der Waals surface area (Å²) in [5.74, 6) is -0.423. The van der Waals surface area contributed by atoms with Crippen LogP contribution in [0.3, 0.4) is 0 Å². The van der Waals surface area contributed by atoms with Gasteiger partial charge in [-0.15, -0.1) is 0 Å². The number of carbonyl (C=O) groups excluding carboxylic acids is 2. The van der Waals surface area contributed by atoms with Gasteiger partial charge in [-0.2, -0.15) is 0 Å². The molecule has 3 aliphatic rings. The third kappa shape index (κ3) is 10.7. The zero-order valence-corrected chi connectivity index (χ0v) is 29.7. The van der Waals surface area contributed by atoms with E-state index >= 15 is 0 Å². The summed E-state index contributed by atoms with van der Waals surface area (Å²) in [7, 11) is 0. The molecule has 0 unspecified atom stereocenters. The fourth-order valence-corrected chi connectivity index (χ4v) is 7.72. The Morgan fingerprint density at radius 3 is 2.27 bits per heavy atom. The zero-order chi connectivity index (χ0) is 35.4. The Kier molecular flexibility index (Phi) is 13.6. The first-order valence-corrected chi connectivity index (χ1v) is 18.8. The van der Waals surface area contributed by atoms with Crippen LogP contribution in [0.15, 0.2) is 72.8 Å². The zero-order valence-electron chi connectivity index (χ0n) is 29.7. The number of ether oxygens (including phenoxy) is 2. The second kappa shape index (κ2) is 18.7. The van der Waals surface area contributed by atoms with E-state index in [4.69, 9.17) is 14.7 Å². The molecule has 3 aromatic carbocycles. The van der Waals surface area contributed by atoms with E-state index in [0.717, 1.165) is 65.9 Å². The van der Waals surface area contributed by atoms with Crippen molar-refractivity contribution >= 4 is 11.8 Å². The van der Waals surface area contributed by atoms with Gasteiger partial charge in [0.2, 0.25) is 11.8 Å². The lowest BCUT2D eigenvalue weighted by molar-refractivity contribution is -0.253. The molecule has 0 bridgehead atoms. The molecule has 6 rings (SSSR count). The summed E-state index contributed by atoms with van der Waals surface area (Å²) in [5.41, 5.74) is 7.70. The minimum absolute atomic E-state index is 0.0149. The molecule has 0 saturated carbocycles. The average Bonchev–Trinajstić information content (AvgIpc) is 3.86. The minimum Gasteiger partial charge on any atom is -0.392 e. The third-order valence-corrected chi connectivity index (χ3v) is 10.6. The van der Waals surface area contributed by atoms with Crippen molar-refractivity contribution in [1.82, 2.24) is 20.6 Å². The molecule has 51 heavy (non-hydrogen) atoms. The molecule has 0 aliphatic carbocycles. The standard InChI is InChI=1S/C41H54N4O6/c46-29-30-16-18-32(19-17-30)38-25-37(28-45-22-8-13-36(45)27-44-20-4-5-21-44)50-41(51-38)35-12-7-11-34(24-35)33-10-6-9-31(23-33)26-42-39(47)14-2-1-3-15-40(48)43-49/h6-7,9-12,16-19,23-24,36-38,41,46,49H,1-5,8,13-15,20-22,25-29H2,(H,42,47)(H,43,48)/t36-,37-,38+,41+/m0/s1. The van der Waals surface area contributed by atoms with Crippen LogP contribution in [0, 0.1) is 0 Å². The molecule has 0 aromatic heterocycles. The lowest BCUT2D eigenvalue weighted by Gasteiger charge is -2.39. The molecule has 3 aromatic rings. The summed E-state index contributed by atoms with van der Waals surface area (Å²) >= 11 is 0. The van der Waals surface area contributed by atoms with Gasteiger partial charge in [0.1, 0.15) is 0 Å². The number of aliphatic hydroxyl groups excluding tert-OH is 1. The Hall–Kier alpha value is -3.64. The number of hydrogen-bond donors (Lipinski definition) is 4. The van der Waals surface area contributed by atoms with E-state index < -0.39 is 12.2 Å². The van der Waals surface area contributed by atoms with Crippen molar-refractivity contribution in [3.8, 4) is 11.1 Å². The van der Waals surface area contributed by atoms with Gasteiger partial charge in [0.05, 0.1) is 18.8 Å². The van der Waals surface area contributed by atoms with E-state index in [2.05, 4.69) is 63.6 Å². The summed E-state index contributed by atoms with van der Waals surface area (Å²) in [5, 5.41) is 21.2. The highest BCUT2D eigenvalue weighted by molar-refractivity contribution is 5.76. The number of rotatable bonds is 16. The van der Waals surface area contributed by atoms with E-state index in [0.29, 0.717) is 31.8 Å². The van der Waals surface area contributed by atoms with Gasteiger partial charge in [-0.05, 0) is 98.1 Å². The summed E-state index contributed by atoms with van der Waals surface area (Å²) in [6.07, 6.45) is 7.96. The Bertz CT molecular complexity index is 1560. The number of nitrogens with one attached hydrogen (secondary N) is 2. The maximum absolute atomic E-state index is 12.5. The van der Waals surface area contributed by atoms with E-state index in [9.17, 15) is 14.7 Å². The summed E-state index contributed by atoms with van der Waals surface area (Å²) in [4.78, 5) is 28.9. The van der Waals surface area contributed by atoms with Crippen LogP contribution in [0.5, 0.6) is 0 Å². The Morgan fingerprint density at radius 2 is 1.51 bits per heavy atom. The molecule has 3 fully saturated rings. The summed E-state index contributed by atoms with van der Waals surface area (Å²) in [6.45, 7) is 6.03. The van der Waals surface area contributed by atoms with Gasteiger partial charge in [-0.3, -0.25) is 19.7 Å². The van der Waals surface area contributed by atoms with Crippen molar-refractivity contribution in [1.29, 1.82) is 0 Å². The van der Waals surface area contributed by atoms with Crippen LogP contribution in [0.4, 0.5) is 0 Å². The Labute approximate surface area is 302 Å². The van der Waals surface area contributed by atoms with E-state index in [1.54, 1.807) is 5.48 Å². The fourth-order valence-electron chi connectivity index (χ4n) is 7.72. The smallest absolute Gasteiger partial charge is 0.243 e. The fraction of sp³-hybridized carbons (Fsp3) is 0.512. The first-order valence-electron chi connectivity index (χ1n) is 18.8. The molecule has 0 spiro atoms. The normalized spacial score (nSPS) is 22.6. The second-order valence-corrected chi connectivity index (χ2v) is 14.3. The number of carbonyl (C=O) groups is 2. The minimum atomic E-state index is -0.522. The first kappa shape index (κ1) is 37.1. The maximum Gasteiger partial charge on any atom is 0.243 e. The van der Waals surface area contributed by atoms with Crippen LogP contribution in [0.2, 0.25) is 0 Å². The SMILES string of the molecule is O=C(CCCCCC(=O)NCc1cccc(-c2cccc([C@@H]3O[C@H](CN4CCC[C@H]4CN4CCCC4)C[C@H](c4ccc(CO)cc4)O3)c2)c1)NO. The average molecular weight is 699 g/mol. The van der Waals surface area contributed by atoms with Gasteiger partial charge in [0.25, 0.3) is 0 Å². The van der Waals surface area contributed by atoms with E-state index in [1.807, 2.05) is 24.3 Å². The Balaban J connectivity index is 1.11. The predicted molar refractivity (Wildman–Crippen MR) is 195 cm³/mol. The van der Waals surface area contributed by atoms with E-state index in [-0.39, 0.29) is 31.1 Å². The largest absolute Gasteiger partial charge is 0.392 e. The van der Waals surface area contributed by atoms with Gasteiger partial charge < -0.3 is 24.8 Å². The topological polar surface area (TPSA) is 124 Å². The molecular formula is C41H54N4O6. The number of aliphatic hydroxyl groups is 1. The van der Waals surface area contributed by atoms with Crippen LogP contribution >= 0.6 is 0 Å². The highest BCUT2D eigenvalue weighted by atomic mass is 16.7. The van der Waals surface area contributed by atoms with Crippen molar-refractivity contribution < 1.29 is 29.4 Å². The molecule has 274 valence electrons. The number of unbranched alkanes of at least 4 members (excludes halogenated alkanes) is 2. The molecule has 10 heteroatoms. The monoisotopic (exact) mass is 698 g/mol. The molecule has 3 aliphatic heterocycles. The molecule has 0 radical (unpaired) electrons. The Morgan fingerprint density at radius 1 is 0.765 bits per heavy atom. The van der Waals surface area contributed by atoms with Crippen molar-refractivity contribution in [3.63, 3.8) is 0 Å². The van der Waals surface area contributed by atoms with E-state index in [1.165, 1.54) is 38.8 Å². The number of likely N-dealkylation sites (tertiary alicyclic amines) is 2. The van der Waals surface area contributed by atoms with Gasteiger partial charge in [0, 0.05) is 50.5 Å². The summed E-state index contributed by atoms with van der Waals surface area (Å²) < 4.78 is 13.5. The number of hydroxylamine groups is 1. The lowest BCUT2D eigenvalue weighted by Crippen LogP contribution is -2.45. The molecule has 2 amide bonds. The van der Waals surface area contributed by atoms with Crippen molar-refractivity contribution in [3.05, 3.63) is 95.1 Å². The van der Waals surface area contributed by atoms with Crippen LogP contribution in [-0.2, 0) is 32.2 Å².